The smallest absolute Gasteiger partial charge is 0.338 e. The van der Waals surface area contributed by atoms with Crippen LogP contribution in [-0.4, -0.2) is 107 Å². The van der Waals surface area contributed by atoms with Crippen LogP contribution in [-0.2, 0) is 0 Å². The second-order valence-corrected chi connectivity index (χ2v) is 19.0. The number of nitrogen functional groups attached to an aromatic ring is 1. The predicted octanol–water partition coefficient (Wildman–Crippen LogP) is 0.457. The highest BCUT2D eigenvalue weighted by atomic mass is 32.1. The fraction of sp³-hybridized carbons (Fsp3) is 0.0930. The lowest BCUT2D eigenvalue weighted by atomic mass is 10.0. The van der Waals surface area contributed by atoms with Crippen molar-refractivity contribution in [1.82, 2.24) is 76.1 Å². The molecule has 6 heterocycles. The monoisotopic (exact) mass is 1240 g/mol. The number of benzene rings is 4. The first-order valence-electron chi connectivity index (χ1n) is 22.9. The number of H-pyrrole nitrogens is 10. The van der Waals surface area contributed by atoms with Crippen LogP contribution in [0.25, 0.3) is 66.1 Å². The highest BCUT2D eigenvalue weighted by molar-refractivity contribution is 7.80. The van der Waals surface area contributed by atoms with E-state index in [1.165, 1.54) is 39.8 Å². The molecule has 86 heavy (non-hydrogen) atoms. The maximum absolute atomic E-state index is 12.2. The number of nitro benzene ring substituents is 4. The summed E-state index contributed by atoms with van der Waals surface area (Å²) < 4.78 is 0.154. The van der Waals surface area contributed by atoms with Crippen LogP contribution in [0.5, 0.6) is 0 Å². The molecule has 442 valence electrons. The van der Waals surface area contributed by atoms with Crippen LogP contribution in [0.3, 0.4) is 0 Å². The molecule has 0 spiro atoms. The number of anilines is 1. The highest BCUT2D eigenvalue weighted by Crippen LogP contribution is 2.38. The van der Waals surface area contributed by atoms with Crippen LogP contribution >= 0.6 is 35.8 Å². The van der Waals surface area contributed by atoms with E-state index in [1.807, 2.05) is 0 Å². The molecule has 6 aromatic heterocycles. The molecule has 4 aromatic carbocycles. The molecular formula is C43H33N21O19S3. The number of fused-ring (bicyclic) bond motifs is 4. The van der Waals surface area contributed by atoms with Crippen molar-refractivity contribution >= 4 is 125 Å². The third-order valence-corrected chi connectivity index (χ3v) is 13.0. The fourth-order valence-electron chi connectivity index (χ4n) is 8.16. The van der Waals surface area contributed by atoms with Crippen LogP contribution in [0, 0.1) is 72.9 Å². The number of aromatic amines is 10. The number of aromatic nitrogens is 13. The summed E-state index contributed by atoms with van der Waals surface area (Å²) in [6.07, 6.45) is 0. The topological polar surface area (TPSA) is 636 Å². The van der Waals surface area contributed by atoms with Crippen molar-refractivity contribution < 1.29 is 34.4 Å². The van der Waals surface area contributed by atoms with E-state index in [0.717, 1.165) is 23.5 Å². The molecule has 1 amide bonds. The molecule has 0 bridgehead atoms. The minimum atomic E-state index is -1.44. The average molecular weight is 1240 g/mol. The first kappa shape index (κ1) is 61.2. The summed E-state index contributed by atoms with van der Waals surface area (Å²) in [5.41, 5.74) is 6.99. The van der Waals surface area contributed by atoms with Crippen LogP contribution in [0.4, 0.5) is 27.9 Å². The van der Waals surface area contributed by atoms with Gasteiger partial charge in [0.15, 0.2) is 15.9 Å². The molecule has 0 unspecified atom stereocenters. The van der Waals surface area contributed by atoms with Gasteiger partial charge in [-0.3, -0.25) is 105 Å². The van der Waals surface area contributed by atoms with Gasteiger partial charge in [-0.2, -0.15) is 4.98 Å². The Kier molecular flexibility index (Phi) is 17.1. The second-order valence-electron chi connectivity index (χ2n) is 17.1. The lowest BCUT2D eigenvalue weighted by Gasteiger charge is -2.11. The van der Waals surface area contributed by atoms with E-state index in [9.17, 15) is 88.4 Å². The van der Waals surface area contributed by atoms with Gasteiger partial charge >= 0.3 is 50.4 Å². The van der Waals surface area contributed by atoms with E-state index >= 15 is 0 Å². The Morgan fingerprint density at radius 1 is 0.535 bits per heavy atom. The molecule has 10 rings (SSSR count). The molecule has 0 atom stereocenters. The van der Waals surface area contributed by atoms with E-state index < -0.39 is 93.0 Å². The standard InChI is InChI=1S/C11H10N6O5S.2C11H8N6O4S.C10H7N3O6/c1-3-5(17(21)22)2-4-7(14-10(20)9(19)13-4)6(3)8(18)15-16-11(12)23;1-3-5(17(20)21)2-4-7(14-9(19)8(18)13-4)6(3)10-15-16-11(12)22-10;1-3-5(17(20)21)2-4-7(13-10(19)9(18)12-4)6(3)8-14-11(22)16-15-8;1-3-5(13(18)19)2-4-7(6(3)10(16)17)12-9(15)8(14)11-4/h2H,1H3,(H,13,19)(H,14,20)(H,15,18)(H3,12,16,23);2H,1H3,(H2,12,16)(H,13,18)(H,14,19);2H,1H3,(H,12,18)(H,13,19)(H2,14,15,16,22);2H,1H3,(H,11,14)(H,12,15)(H,16,17). The molecule has 0 saturated carbocycles. The van der Waals surface area contributed by atoms with Crippen LogP contribution < -0.4 is 66.8 Å². The van der Waals surface area contributed by atoms with Gasteiger partial charge in [-0.25, -0.2) is 4.79 Å². The Balaban J connectivity index is 0.000000164. The van der Waals surface area contributed by atoms with E-state index in [-0.39, 0.29) is 110 Å². The van der Waals surface area contributed by atoms with Gasteiger partial charge in [-0.05, 0) is 52.1 Å². The minimum absolute atomic E-state index is 0.00700. The number of hydrogen-bond donors (Lipinski definition) is 15. The summed E-state index contributed by atoms with van der Waals surface area (Å²) in [5.74, 6) is -2.04. The lowest BCUT2D eigenvalue weighted by molar-refractivity contribution is -0.385. The van der Waals surface area contributed by atoms with Gasteiger partial charge in [0.25, 0.3) is 28.7 Å². The van der Waals surface area contributed by atoms with Crippen molar-refractivity contribution in [3.05, 3.63) is 186 Å². The Morgan fingerprint density at radius 3 is 1.24 bits per heavy atom. The van der Waals surface area contributed by atoms with Gasteiger partial charge in [0.1, 0.15) is 0 Å². The Labute approximate surface area is 480 Å². The third kappa shape index (κ3) is 12.3. The molecule has 40 nitrogen and oxygen atoms in total. The number of carboxylic acid groups (broad SMARTS) is 1. The quantitative estimate of drug-likeness (QED) is 0.0425. The van der Waals surface area contributed by atoms with E-state index in [2.05, 4.69) is 88.3 Å². The number of thiocarbonyl (C=S) groups is 1. The number of nitro groups is 4. The fourth-order valence-corrected chi connectivity index (χ4v) is 9.07. The Hall–Kier alpha value is -12.4. The van der Waals surface area contributed by atoms with Gasteiger partial charge in [-0.15, -0.1) is 10.2 Å². The van der Waals surface area contributed by atoms with Crippen molar-refractivity contribution in [2.45, 2.75) is 27.7 Å². The molecule has 43 heteroatoms. The summed E-state index contributed by atoms with van der Waals surface area (Å²) in [4.78, 5) is 178. The minimum Gasteiger partial charge on any atom is -0.478 e. The van der Waals surface area contributed by atoms with E-state index in [1.54, 1.807) is 0 Å². The predicted molar refractivity (Wildman–Crippen MR) is 307 cm³/mol. The SMILES string of the molecule is Cc1c([N+](=O)[O-])cc2[nH]c(=O)c(=O)[nH]c2c1-c1nc(=S)[nH][nH]1.Cc1c([N+](=O)[O-])cc2[nH]c(=O)c(=O)[nH]c2c1-c1nnc(N)s1.Cc1c([N+](=O)[O-])cc2[nH]c(=O)c(=O)[nH]c2c1C(=O)NNC(N)=S.Cc1c([N+](=O)[O-])cc2[nH]c(=O)c(=O)[nH]c2c1C(=O)O. The molecule has 0 aliphatic heterocycles. The molecular weight excluding hydrogens is 1210 g/mol. The number of hydrazine groups is 1. The highest BCUT2D eigenvalue weighted by Gasteiger charge is 2.27. The summed E-state index contributed by atoms with van der Waals surface area (Å²) in [6.45, 7) is 5.62. The summed E-state index contributed by atoms with van der Waals surface area (Å²) in [7, 11) is 0. The van der Waals surface area contributed by atoms with Crippen molar-refractivity contribution in [3.63, 3.8) is 0 Å². The molecule has 17 N–H and O–H groups in total. The first-order chi connectivity index (χ1) is 40.3. The number of carboxylic acids is 1. The maximum atomic E-state index is 12.2. The van der Waals surface area contributed by atoms with Crippen LogP contribution in [0.1, 0.15) is 43.0 Å². The number of aromatic carboxylic acids is 1. The number of rotatable bonds is 8. The Morgan fingerprint density at radius 2 is 0.884 bits per heavy atom. The van der Waals surface area contributed by atoms with Crippen molar-refractivity contribution in [2.24, 2.45) is 5.73 Å². The van der Waals surface area contributed by atoms with Gasteiger partial charge in [0, 0.05) is 52.1 Å². The van der Waals surface area contributed by atoms with Gasteiger partial charge in [0.05, 0.1) is 80.5 Å². The van der Waals surface area contributed by atoms with Gasteiger partial charge < -0.3 is 56.4 Å². The molecule has 0 radical (unpaired) electrons. The van der Waals surface area contributed by atoms with E-state index in [0.29, 0.717) is 10.6 Å². The number of nitrogens with zero attached hydrogens (tertiary/aromatic N) is 7. The van der Waals surface area contributed by atoms with Gasteiger partial charge in [-0.1, -0.05) is 11.3 Å². The summed E-state index contributed by atoms with van der Waals surface area (Å²) in [5, 5.41) is 66.5. The zero-order chi connectivity index (χ0) is 63.7. The number of carbonyl (C=O) groups is 2. The van der Waals surface area contributed by atoms with Crippen molar-refractivity contribution in [3.8, 4) is 22.0 Å². The summed E-state index contributed by atoms with van der Waals surface area (Å²) in [6, 6.07) is 4.44. The molecule has 0 saturated heterocycles. The average Bonchev–Trinajstić information content (AvgIpc) is 1.09. The Bertz CT molecular complexity index is 5200. The second kappa shape index (κ2) is 24.0. The number of hydrogen-bond acceptors (Lipinski definition) is 25. The van der Waals surface area contributed by atoms with Gasteiger partial charge in [0.2, 0.25) is 9.90 Å². The van der Waals surface area contributed by atoms with E-state index in [4.69, 9.17) is 28.8 Å². The zero-order valence-electron chi connectivity index (χ0n) is 43.1. The number of carbonyl (C=O) groups excluding carboxylic acids is 1. The van der Waals surface area contributed by atoms with Crippen molar-refractivity contribution in [1.29, 1.82) is 0 Å². The van der Waals surface area contributed by atoms with Crippen LogP contribution in [0.15, 0.2) is 62.6 Å². The molecule has 0 fully saturated rings. The summed E-state index contributed by atoms with van der Waals surface area (Å²) >= 11 is 10.4. The maximum Gasteiger partial charge on any atom is 0.338 e. The normalized spacial score (nSPS) is 10.7. The zero-order valence-corrected chi connectivity index (χ0v) is 45.6. The molecule has 10 aromatic rings. The third-order valence-electron chi connectivity index (χ3n) is 11.9. The molecule has 0 aliphatic carbocycles. The number of nitrogens with two attached hydrogens (primary N) is 2. The largest absolute Gasteiger partial charge is 0.478 e. The number of amides is 1. The van der Waals surface area contributed by atoms with Crippen LogP contribution in [0.2, 0.25) is 0 Å². The first-order valence-corrected chi connectivity index (χ1v) is 24.6. The molecule has 0 aliphatic rings. The lowest BCUT2D eigenvalue weighted by Crippen LogP contribution is -2.44. The number of nitrogens with one attached hydrogen (secondary N) is 12. The van der Waals surface area contributed by atoms with Crippen molar-refractivity contribution in [2.75, 3.05) is 5.73 Å².